The average molecular weight is 472 g/mol. The number of carboxylic acids is 1. The minimum absolute atomic E-state index is 0.245. The maximum atomic E-state index is 12.3. The van der Waals surface area contributed by atoms with Crippen LogP contribution < -0.4 is 4.74 Å². The summed E-state index contributed by atoms with van der Waals surface area (Å²) in [5.74, 6) is -3.00. The summed E-state index contributed by atoms with van der Waals surface area (Å²) in [5, 5.41) is 12.4. The summed E-state index contributed by atoms with van der Waals surface area (Å²) in [6.07, 6.45) is -2.70. The summed E-state index contributed by atoms with van der Waals surface area (Å²) in [7, 11) is 0. The highest BCUT2D eigenvalue weighted by Gasteiger charge is 2.38. The van der Waals surface area contributed by atoms with Crippen molar-refractivity contribution in [2.75, 3.05) is 0 Å². The summed E-state index contributed by atoms with van der Waals surface area (Å²) in [6, 6.07) is 9.70. The minimum atomic E-state index is -5.08. The Bertz CT molecular complexity index is 1250. The number of nitrogens with one attached hydrogen (secondary N) is 1. The van der Waals surface area contributed by atoms with E-state index in [1.54, 1.807) is 23.1 Å². The summed E-state index contributed by atoms with van der Waals surface area (Å²) >= 11 is 0. The van der Waals surface area contributed by atoms with Crippen LogP contribution in [0.15, 0.2) is 61.2 Å². The fourth-order valence-corrected chi connectivity index (χ4v) is 2.83. The van der Waals surface area contributed by atoms with Crippen molar-refractivity contribution in [1.29, 1.82) is 0 Å². The van der Waals surface area contributed by atoms with E-state index >= 15 is 0 Å². The van der Waals surface area contributed by atoms with Crippen LogP contribution in [0, 0.1) is 0 Å². The number of ether oxygens (including phenoxy) is 1. The van der Waals surface area contributed by atoms with Gasteiger partial charge in [-0.1, -0.05) is 12.1 Å². The molecule has 0 aliphatic rings. The average Bonchev–Trinajstić information content (AvgIpc) is 3.36. The number of aliphatic carboxylic acids is 1. The SMILES string of the molecule is FC(F)(F)Oc1cccc(Cn2cc(-c3ccnc4[nH]ccc34)cn2)c1.O=C(O)C(F)(F)F. The number of benzene rings is 1. The summed E-state index contributed by atoms with van der Waals surface area (Å²) < 4.78 is 74.4. The fraction of sp³-hybridized carbons (Fsp3) is 0.150. The molecular formula is C20H14F6N4O3. The van der Waals surface area contributed by atoms with Crippen molar-refractivity contribution < 1.29 is 41.0 Å². The number of carbonyl (C=O) groups is 1. The maximum Gasteiger partial charge on any atom is 0.573 e. The zero-order chi connectivity index (χ0) is 24.2. The van der Waals surface area contributed by atoms with Crippen molar-refractivity contribution >= 4 is 17.0 Å². The van der Waals surface area contributed by atoms with E-state index in [9.17, 15) is 26.3 Å². The molecule has 0 unspecified atom stereocenters. The highest BCUT2D eigenvalue weighted by molar-refractivity contribution is 5.92. The van der Waals surface area contributed by atoms with Gasteiger partial charge in [0.05, 0.1) is 12.7 Å². The number of pyridine rings is 1. The predicted octanol–water partition coefficient (Wildman–Crippen LogP) is 5.01. The molecule has 4 rings (SSSR count). The van der Waals surface area contributed by atoms with Crippen LogP contribution in [0.2, 0.25) is 0 Å². The van der Waals surface area contributed by atoms with Gasteiger partial charge in [-0.25, -0.2) is 9.78 Å². The Morgan fingerprint density at radius 1 is 1.12 bits per heavy atom. The van der Waals surface area contributed by atoms with E-state index in [2.05, 4.69) is 19.8 Å². The molecule has 3 aromatic heterocycles. The maximum absolute atomic E-state index is 12.3. The van der Waals surface area contributed by atoms with Crippen molar-refractivity contribution in [2.24, 2.45) is 0 Å². The molecule has 33 heavy (non-hydrogen) atoms. The molecule has 0 amide bonds. The van der Waals surface area contributed by atoms with Crippen molar-refractivity contribution in [3.63, 3.8) is 0 Å². The molecule has 2 N–H and O–H groups in total. The number of halogens is 6. The third-order valence-electron chi connectivity index (χ3n) is 4.12. The van der Waals surface area contributed by atoms with Gasteiger partial charge in [0.1, 0.15) is 11.4 Å². The number of aromatic nitrogens is 4. The second-order valence-corrected chi connectivity index (χ2v) is 6.52. The van der Waals surface area contributed by atoms with Crippen LogP contribution in [-0.2, 0) is 11.3 Å². The van der Waals surface area contributed by atoms with Crippen molar-refractivity contribution in [3.05, 3.63) is 66.7 Å². The van der Waals surface area contributed by atoms with Gasteiger partial charge in [-0.3, -0.25) is 4.68 Å². The second-order valence-electron chi connectivity index (χ2n) is 6.52. The molecule has 0 fully saturated rings. The van der Waals surface area contributed by atoms with Gasteiger partial charge in [-0.2, -0.15) is 18.3 Å². The van der Waals surface area contributed by atoms with Crippen molar-refractivity contribution in [3.8, 4) is 16.9 Å². The van der Waals surface area contributed by atoms with Crippen LogP contribution in [0.3, 0.4) is 0 Å². The Hall–Kier alpha value is -4.03. The van der Waals surface area contributed by atoms with Gasteiger partial charge in [0.2, 0.25) is 0 Å². The van der Waals surface area contributed by atoms with Gasteiger partial charge in [-0.05, 0) is 35.4 Å². The second kappa shape index (κ2) is 9.22. The van der Waals surface area contributed by atoms with Crippen LogP contribution in [0.25, 0.3) is 22.2 Å². The molecule has 0 radical (unpaired) electrons. The first-order chi connectivity index (χ1) is 15.4. The number of hydrogen-bond acceptors (Lipinski definition) is 4. The molecule has 7 nitrogen and oxygen atoms in total. The van der Waals surface area contributed by atoms with Crippen LogP contribution >= 0.6 is 0 Å². The molecule has 0 saturated heterocycles. The van der Waals surface area contributed by atoms with E-state index in [1.807, 2.05) is 24.5 Å². The Morgan fingerprint density at radius 3 is 2.52 bits per heavy atom. The van der Waals surface area contributed by atoms with Crippen LogP contribution in [-0.4, -0.2) is 43.4 Å². The summed E-state index contributed by atoms with van der Waals surface area (Å²) in [4.78, 5) is 16.2. The summed E-state index contributed by atoms with van der Waals surface area (Å²) in [6.45, 7) is 0.330. The number of hydrogen-bond donors (Lipinski definition) is 2. The first kappa shape index (κ1) is 23.6. The monoisotopic (exact) mass is 472 g/mol. The predicted molar refractivity (Wildman–Crippen MR) is 103 cm³/mol. The lowest BCUT2D eigenvalue weighted by Gasteiger charge is -2.10. The number of nitrogens with zero attached hydrogens (tertiary/aromatic N) is 3. The smallest absolute Gasteiger partial charge is 0.475 e. The van der Waals surface area contributed by atoms with Crippen LogP contribution in [0.5, 0.6) is 5.75 Å². The van der Waals surface area contributed by atoms with Gasteiger partial charge >= 0.3 is 18.5 Å². The number of alkyl halides is 6. The molecule has 0 saturated carbocycles. The Morgan fingerprint density at radius 2 is 1.85 bits per heavy atom. The summed E-state index contributed by atoms with van der Waals surface area (Å²) in [5.41, 5.74) is 3.33. The number of H-pyrrole nitrogens is 1. The number of rotatable bonds is 4. The van der Waals surface area contributed by atoms with Gasteiger partial charge < -0.3 is 14.8 Å². The third-order valence-corrected chi connectivity index (χ3v) is 4.12. The topological polar surface area (TPSA) is 93.0 Å². The lowest BCUT2D eigenvalue weighted by atomic mass is 10.1. The molecular weight excluding hydrogens is 458 g/mol. The molecule has 1 aromatic carbocycles. The Balaban J connectivity index is 0.000000383. The van der Waals surface area contributed by atoms with E-state index in [0.717, 1.165) is 22.2 Å². The number of aromatic amines is 1. The van der Waals surface area contributed by atoms with E-state index in [4.69, 9.17) is 9.90 Å². The zero-order valence-corrected chi connectivity index (χ0v) is 16.4. The molecule has 0 bridgehead atoms. The largest absolute Gasteiger partial charge is 0.573 e. The van der Waals surface area contributed by atoms with E-state index in [1.165, 1.54) is 18.2 Å². The van der Waals surface area contributed by atoms with Crippen molar-refractivity contribution in [2.45, 2.75) is 19.1 Å². The lowest BCUT2D eigenvalue weighted by molar-refractivity contribution is -0.274. The highest BCUT2D eigenvalue weighted by atomic mass is 19.4. The molecule has 0 spiro atoms. The van der Waals surface area contributed by atoms with Gasteiger partial charge in [0.25, 0.3) is 0 Å². The standard InChI is InChI=1S/C18H13F3N4O.C2HF3O2/c19-18(20,21)26-14-3-1-2-12(8-14)10-25-11-13(9-24-25)15-4-6-22-17-16(15)5-7-23-17;3-2(4,5)1(6)7/h1-9,11H,10H2,(H,22,23);(H,6,7). The van der Waals surface area contributed by atoms with E-state index < -0.39 is 18.5 Å². The van der Waals surface area contributed by atoms with Gasteiger partial charge in [0.15, 0.2) is 0 Å². The van der Waals surface area contributed by atoms with Crippen molar-refractivity contribution in [1.82, 2.24) is 19.7 Å². The molecule has 0 atom stereocenters. The number of fused-ring (bicyclic) bond motifs is 1. The molecule has 4 aromatic rings. The lowest BCUT2D eigenvalue weighted by Crippen LogP contribution is -2.21. The quantitative estimate of drug-likeness (QED) is 0.408. The van der Waals surface area contributed by atoms with Gasteiger partial charge in [0, 0.05) is 29.5 Å². The van der Waals surface area contributed by atoms with E-state index in [0.29, 0.717) is 12.1 Å². The van der Waals surface area contributed by atoms with E-state index in [-0.39, 0.29) is 5.75 Å². The number of carboxylic acid groups (broad SMARTS) is 1. The normalized spacial score (nSPS) is 11.7. The minimum Gasteiger partial charge on any atom is -0.475 e. The van der Waals surface area contributed by atoms with Gasteiger partial charge in [-0.15, -0.1) is 13.2 Å². The molecule has 13 heteroatoms. The molecule has 0 aliphatic heterocycles. The zero-order valence-electron chi connectivity index (χ0n) is 16.4. The van der Waals surface area contributed by atoms with Crippen LogP contribution in [0.1, 0.15) is 5.56 Å². The molecule has 0 aliphatic carbocycles. The third kappa shape index (κ3) is 6.48. The Labute approximate surface area is 181 Å². The first-order valence-electron chi connectivity index (χ1n) is 9.02. The van der Waals surface area contributed by atoms with Crippen LogP contribution in [0.4, 0.5) is 26.3 Å². The Kier molecular flexibility index (Phi) is 6.60. The molecule has 174 valence electrons. The first-order valence-corrected chi connectivity index (χ1v) is 9.02. The fourth-order valence-electron chi connectivity index (χ4n) is 2.83. The molecule has 3 heterocycles. The highest BCUT2D eigenvalue weighted by Crippen LogP contribution is 2.27.